The van der Waals surface area contributed by atoms with Crippen LogP contribution in [-0.2, 0) is 16.1 Å². The molecule has 1 aromatic rings. The highest BCUT2D eigenvalue weighted by atomic mass is 16.5. The maximum atomic E-state index is 11.9. The highest BCUT2D eigenvalue weighted by Gasteiger charge is 2.17. The lowest BCUT2D eigenvalue weighted by Crippen LogP contribution is -2.42. The number of carbonyl (C=O) groups excluding carboxylic acids is 1. The minimum Gasteiger partial charge on any atom is -0.482 e. The summed E-state index contributed by atoms with van der Waals surface area (Å²) < 4.78 is 10.7. The molecular weight excluding hydrogens is 270 g/mol. The molecule has 0 atom stereocenters. The van der Waals surface area contributed by atoms with Crippen molar-refractivity contribution < 1.29 is 14.3 Å². The van der Waals surface area contributed by atoms with E-state index in [9.17, 15) is 4.79 Å². The van der Waals surface area contributed by atoms with Gasteiger partial charge in [0.15, 0.2) is 6.61 Å². The maximum absolute atomic E-state index is 11.9. The van der Waals surface area contributed by atoms with Crippen molar-refractivity contribution in [1.82, 2.24) is 15.2 Å². The number of nitrogens with zero attached hydrogens (tertiary/aromatic N) is 2. The van der Waals surface area contributed by atoms with E-state index < -0.39 is 0 Å². The van der Waals surface area contributed by atoms with Gasteiger partial charge in [0.05, 0.1) is 25.1 Å². The molecule has 1 aromatic heterocycles. The molecule has 21 heavy (non-hydrogen) atoms. The number of carbonyl (C=O) groups is 1. The summed E-state index contributed by atoms with van der Waals surface area (Å²) >= 11 is 0. The van der Waals surface area contributed by atoms with E-state index in [1.165, 1.54) is 0 Å². The van der Waals surface area contributed by atoms with Gasteiger partial charge in [-0.1, -0.05) is 13.8 Å². The summed E-state index contributed by atoms with van der Waals surface area (Å²) in [6.45, 7) is 7.44. The van der Waals surface area contributed by atoms with Gasteiger partial charge in [0.25, 0.3) is 5.91 Å². The Labute approximate surface area is 125 Å². The Kier molecular flexibility index (Phi) is 5.95. The van der Waals surface area contributed by atoms with Gasteiger partial charge >= 0.3 is 0 Å². The topological polar surface area (TPSA) is 63.7 Å². The van der Waals surface area contributed by atoms with Gasteiger partial charge in [0.2, 0.25) is 0 Å². The molecule has 1 amide bonds. The van der Waals surface area contributed by atoms with E-state index in [2.05, 4.69) is 24.1 Å². The fraction of sp³-hybridized carbons (Fsp3) is 0.600. The first-order valence-corrected chi connectivity index (χ1v) is 7.32. The van der Waals surface area contributed by atoms with E-state index in [1.54, 1.807) is 11.1 Å². The van der Waals surface area contributed by atoms with Crippen LogP contribution >= 0.6 is 0 Å². The van der Waals surface area contributed by atoms with Crippen LogP contribution in [0.25, 0.3) is 0 Å². The third kappa shape index (κ3) is 5.32. The van der Waals surface area contributed by atoms with E-state index in [0.717, 1.165) is 12.2 Å². The molecule has 1 N–H and O–H groups in total. The first-order valence-electron chi connectivity index (χ1n) is 7.32. The summed E-state index contributed by atoms with van der Waals surface area (Å²) in [6, 6.07) is 4.18. The number of pyridine rings is 1. The van der Waals surface area contributed by atoms with Gasteiger partial charge in [0.1, 0.15) is 5.75 Å². The SMILES string of the molecule is CC(C)NCc1ccc(OCC(=O)N2CCOCC2)cn1. The van der Waals surface area contributed by atoms with E-state index >= 15 is 0 Å². The number of hydrogen-bond acceptors (Lipinski definition) is 5. The molecule has 0 aromatic carbocycles. The molecule has 0 saturated carbocycles. The van der Waals surface area contributed by atoms with E-state index in [1.807, 2.05) is 12.1 Å². The fourth-order valence-corrected chi connectivity index (χ4v) is 1.96. The molecule has 2 rings (SSSR count). The van der Waals surface area contributed by atoms with Crippen LogP contribution in [0.4, 0.5) is 0 Å². The van der Waals surface area contributed by atoms with Crippen molar-refractivity contribution in [3.8, 4) is 5.75 Å². The Morgan fingerprint density at radius 1 is 1.43 bits per heavy atom. The van der Waals surface area contributed by atoms with Crippen LogP contribution < -0.4 is 10.1 Å². The van der Waals surface area contributed by atoms with Crippen molar-refractivity contribution in [3.63, 3.8) is 0 Å². The predicted octanol–water partition coefficient (Wildman–Crippen LogP) is 0.817. The molecule has 0 spiro atoms. The zero-order valence-electron chi connectivity index (χ0n) is 12.7. The molecule has 1 saturated heterocycles. The van der Waals surface area contributed by atoms with Crippen molar-refractivity contribution >= 4 is 5.91 Å². The van der Waals surface area contributed by atoms with Crippen LogP contribution in [0.3, 0.4) is 0 Å². The molecule has 116 valence electrons. The zero-order chi connectivity index (χ0) is 15.1. The van der Waals surface area contributed by atoms with Crippen LogP contribution in [0.5, 0.6) is 5.75 Å². The second-order valence-corrected chi connectivity index (χ2v) is 5.30. The molecule has 0 unspecified atom stereocenters. The first-order chi connectivity index (χ1) is 10.1. The molecule has 2 heterocycles. The summed E-state index contributed by atoms with van der Waals surface area (Å²) in [5.41, 5.74) is 0.954. The van der Waals surface area contributed by atoms with Crippen LogP contribution in [-0.4, -0.2) is 54.7 Å². The number of morpholine rings is 1. The van der Waals surface area contributed by atoms with E-state index in [4.69, 9.17) is 9.47 Å². The maximum Gasteiger partial charge on any atom is 0.260 e. The number of rotatable bonds is 6. The lowest BCUT2D eigenvalue weighted by atomic mass is 10.3. The van der Waals surface area contributed by atoms with Crippen LogP contribution in [0.1, 0.15) is 19.5 Å². The van der Waals surface area contributed by atoms with Gasteiger partial charge in [-0.2, -0.15) is 0 Å². The second kappa shape index (κ2) is 7.95. The standard InChI is InChI=1S/C15H23N3O3/c1-12(2)16-9-13-3-4-14(10-17-13)21-11-15(19)18-5-7-20-8-6-18/h3-4,10,12,16H,5-9,11H2,1-2H3. The Hall–Kier alpha value is -1.66. The Morgan fingerprint density at radius 3 is 2.81 bits per heavy atom. The van der Waals surface area contributed by atoms with Crippen molar-refractivity contribution in [2.75, 3.05) is 32.9 Å². The summed E-state index contributed by atoms with van der Waals surface area (Å²) in [4.78, 5) is 18.0. The minimum atomic E-state index is -0.0103. The molecule has 6 heteroatoms. The van der Waals surface area contributed by atoms with Gasteiger partial charge in [-0.05, 0) is 12.1 Å². The molecule has 0 radical (unpaired) electrons. The minimum absolute atomic E-state index is 0.0103. The highest BCUT2D eigenvalue weighted by molar-refractivity contribution is 5.77. The molecule has 1 aliphatic heterocycles. The van der Waals surface area contributed by atoms with Crippen molar-refractivity contribution in [1.29, 1.82) is 0 Å². The average molecular weight is 293 g/mol. The lowest BCUT2D eigenvalue weighted by Gasteiger charge is -2.26. The molecular formula is C15H23N3O3. The van der Waals surface area contributed by atoms with Crippen molar-refractivity contribution in [2.24, 2.45) is 0 Å². The number of nitrogens with one attached hydrogen (secondary N) is 1. The summed E-state index contributed by atoms with van der Waals surface area (Å²) in [6.07, 6.45) is 1.66. The molecule has 6 nitrogen and oxygen atoms in total. The zero-order valence-corrected chi connectivity index (χ0v) is 12.7. The summed E-state index contributed by atoms with van der Waals surface area (Å²) in [7, 11) is 0. The molecule has 0 bridgehead atoms. The average Bonchev–Trinajstić information content (AvgIpc) is 2.52. The smallest absolute Gasteiger partial charge is 0.260 e. The molecule has 1 fully saturated rings. The van der Waals surface area contributed by atoms with Gasteiger partial charge in [-0.25, -0.2) is 0 Å². The van der Waals surface area contributed by atoms with Gasteiger partial charge in [0, 0.05) is 25.7 Å². The largest absolute Gasteiger partial charge is 0.482 e. The van der Waals surface area contributed by atoms with Gasteiger partial charge < -0.3 is 19.7 Å². The van der Waals surface area contributed by atoms with Gasteiger partial charge in [-0.15, -0.1) is 0 Å². The summed E-state index contributed by atoms with van der Waals surface area (Å²) in [5.74, 6) is 0.605. The lowest BCUT2D eigenvalue weighted by molar-refractivity contribution is -0.137. The Morgan fingerprint density at radius 2 is 2.19 bits per heavy atom. The van der Waals surface area contributed by atoms with Crippen LogP contribution in [0, 0.1) is 0 Å². The second-order valence-electron chi connectivity index (χ2n) is 5.30. The predicted molar refractivity (Wildman–Crippen MR) is 79.1 cm³/mol. The first kappa shape index (κ1) is 15.7. The number of hydrogen-bond donors (Lipinski definition) is 1. The quantitative estimate of drug-likeness (QED) is 0.841. The van der Waals surface area contributed by atoms with Crippen molar-refractivity contribution in [3.05, 3.63) is 24.0 Å². The molecule has 0 aliphatic carbocycles. The third-order valence-electron chi connectivity index (χ3n) is 3.22. The number of ether oxygens (including phenoxy) is 2. The Balaban J connectivity index is 1.76. The normalized spacial score (nSPS) is 15.3. The van der Waals surface area contributed by atoms with Gasteiger partial charge in [-0.3, -0.25) is 9.78 Å². The van der Waals surface area contributed by atoms with E-state index in [-0.39, 0.29) is 12.5 Å². The van der Waals surface area contributed by atoms with E-state index in [0.29, 0.717) is 38.1 Å². The van der Waals surface area contributed by atoms with Crippen LogP contribution in [0.15, 0.2) is 18.3 Å². The number of amides is 1. The molecule has 1 aliphatic rings. The fourth-order valence-electron chi connectivity index (χ4n) is 1.96. The Bertz CT molecular complexity index is 442. The monoisotopic (exact) mass is 293 g/mol. The van der Waals surface area contributed by atoms with Crippen LogP contribution in [0.2, 0.25) is 0 Å². The summed E-state index contributed by atoms with van der Waals surface area (Å²) in [5, 5.41) is 3.30. The number of aromatic nitrogens is 1. The highest BCUT2D eigenvalue weighted by Crippen LogP contribution is 2.10. The third-order valence-corrected chi connectivity index (χ3v) is 3.22. The van der Waals surface area contributed by atoms with Crippen molar-refractivity contribution in [2.45, 2.75) is 26.4 Å².